The summed E-state index contributed by atoms with van der Waals surface area (Å²) in [6.07, 6.45) is 8.14. The number of likely N-dealkylation sites (tertiary alicyclic amines) is 1. The molecule has 2 amide bonds. The van der Waals surface area contributed by atoms with Gasteiger partial charge in [-0.25, -0.2) is 0 Å². The minimum absolute atomic E-state index is 0.0277. The van der Waals surface area contributed by atoms with Crippen molar-refractivity contribution in [2.45, 2.75) is 44.7 Å². The molecule has 1 saturated carbocycles. The van der Waals surface area contributed by atoms with Crippen LogP contribution in [0.2, 0.25) is 0 Å². The van der Waals surface area contributed by atoms with Gasteiger partial charge in [0, 0.05) is 31.1 Å². The number of carbonyl (C=O) groups excluding carboxylic acids is 2. The number of nitrogens with one attached hydrogen (secondary N) is 1. The first kappa shape index (κ1) is 13.2. The van der Waals surface area contributed by atoms with E-state index in [9.17, 15) is 9.59 Å². The van der Waals surface area contributed by atoms with Crippen LogP contribution in [0.5, 0.6) is 0 Å². The van der Waals surface area contributed by atoms with Crippen molar-refractivity contribution in [1.82, 2.24) is 10.2 Å². The molecular formula is C15H20N2O3. The van der Waals surface area contributed by atoms with Crippen molar-refractivity contribution in [1.29, 1.82) is 0 Å². The average molecular weight is 276 g/mol. The predicted molar refractivity (Wildman–Crippen MR) is 72.6 cm³/mol. The Morgan fingerprint density at radius 1 is 1.40 bits per heavy atom. The lowest BCUT2D eigenvalue weighted by Crippen LogP contribution is -2.36. The molecule has 2 fully saturated rings. The maximum atomic E-state index is 12.1. The summed E-state index contributed by atoms with van der Waals surface area (Å²) in [5, 5.41) is 2.88. The van der Waals surface area contributed by atoms with Gasteiger partial charge in [0.05, 0.1) is 18.4 Å². The predicted octanol–water partition coefficient (Wildman–Crippen LogP) is 1.69. The molecule has 2 aliphatic rings. The summed E-state index contributed by atoms with van der Waals surface area (Å²) in [6.45, 7) is 1.05. The standard InChI is InChI=1S/C15H20N2O3/c18-14-7-12(9-17(14)13-3-1-2-4-13)15(19)16-8-11-5-6-20-10-11/h5-6,10,12-13H,1-4,7-9H2,(H,16,19)/t12-/m0/s1. The van der Waals surface area contributed by atoms with E-state index in [2.05, 4.69) is 5.32 Å². The molecule has 5 nitrogen and oxygen atoms in total. The van der Waals surface area contributed by atoms with E-state index in [0.29, 0.717) is 25.6 Å². The van der Waals surface area contributed by atoms with Gasteiger partial charge < -0.3 is 14.6 Å². The molecule has 3 rings (SSSR count). The second-order valence-corrected chi connectivity index (χ2v) is 5.73. The fraction of sp³-hybridized carbons (Fsp3) is 0.600. The molecule has 0 unspecified atom stereocenters. The van der Waals surface area contributed by atoms with Gasteiger partial charge in [0.25, 0.3) is 0 Å². The van der Waals surface area contributed by atoms with E-state index in [1.807, 2.05) is 11.0 Å². The van der Waals surface area contributed by atoms with Gasteiger partial charge in [-0.3, -0.25) is 9.59 Å². The summed E-state index contributed by atoms with van der Waals surface area (Å²) >= 11 is 0. The van der Waals surface area contributed by atoms with Crippen LogP contribution in [-0.2, 0) is 16.1 Å². The monoisotopic (exact) mass is 276 g/mol. The van der Waals surface area contributed by atoms with Crippen LogP contribution < -0.4 is 5.32 Å². The Morgan fingerprint density at radius 3 is 2.90 bits per heavy atom. The molecular weight excluding hydrogens is 256 g/mol. The molecule has 0 spiro atoms. The second kappa shape index (κ2) is 5.69. The minimum Gasteiger partial charge on any atom is -0.472 e. The van der Waals surface area contributed by atoms with Gasteiger partial charge in [0.15, 0.2) is 0 Å². The van der Waals surface area contributed by atoms with E-state index in [-0.39, 0.29) is 17.7 Å². The van der Waals surface area contributed by atoms with Crippen LogP contribution in [0.25, 0.3) is 0 Å². The molecule has 0 aromatic carbocycles. The average Bonchev–Trinajstić information content (AvgIpc) is 3.17. The quantitative estimate of drug-likeness (QED) is 0.910. The number of amides is 2. The van der Waals surface area contributed by atoms with Crippen LogP contribution in [0.3, 0.4) is 0 Å². The highest BCUT2D eigenvalue weighted by atomic mass is 16.3. The van der Waals surface area contributed by atoms with Crippen molar-refractivity contribution in [2.75, 3.05) is 6.54 Å². The first-order valence-corrected chi connectivity index (χ1v) is 7.32. The normalized spacial score (nSPS) is 23.5. The van der Waals surface area contributed by atoms with Crippen LogP contribution in [0.1, 0.15) is 37.7 Å². The van der Waals surface area contributed by atoms with Crippen LogP contribution in [0, 0.1) is 5.92 Å². The molecule has 1 aliphatic carbocycles. The number of furan rings is 1. The fourth-order valence-electron chi connectivity index (χ4n) is 3.20. The lowest BCUT2D eigenvalue weighted by molar-refractivity contribution is -0.130. The molecule has 1 N–H and O–H groups in total. The Labute approximate surface area is 118 Å². The molecule has 0 radical (unpaired) electrons. The van der Waals surface area contributed by atoms with Gasteiger partial charge in [-0.05, 0) is 18.9 Å². The van der Waals surface area contributed by atoms with Crippen molar-refractivity contribution >= 4 is 11.8 Å². The number of hydrogen-bond donors (Lipinski definition) is 1. The van der Waals surface area contributed by atoms with Gasteiger partial charge >= 0.3 is 0 Å². The number of carbonyl (C=O) groups is 2. The summed E-state index contributed by atoms with van der Waals surface area (Å²) in [5.41, 5.74) is 0.940. The molecule has 2 heterocycles. The topological polar surface area (TPSA) is 62.6 Å². The van der Waals surface area contributed by atoms with Crippen LogP contribution in [0.15, 0.2) is 23.0 Å². The first-order valence-electron chi connectivity index (χ1n) is 7.32. The molecule has 20 heavy (non-hydrogen) atoms. The Morgan fingerprint density at radius 2 is 2.20 bits per heavy atom. The van der Waals surface area contributed by atoms with Crippen molar-refractivity contribution in [2.24, 2.45) is 5.92 Å². The molecule has 108 valence electrons. The zero-order chi connectivity index (χ0) is 13.9. The zero-order valence-electron chi connectivity index (χ0n) is 11.5. The SMILES string of the molecule is O=C(NCc1ccoc1)[C@H]1CC(=O)N(C2CCCC2)C1. The highest BCUT2D eigenvalue weighted by Crippen LogP contribution is 2.29. The second-order valence-electron chi connectivity index (χ2n) is 5.73. The third kappa shape index (κ3) is 2.71. The van der Waals surface area contributed by atoms with E-state index in [0.717, 1.165) is 18.4 Å². The highest BCUT2D eigenvalue weighted by molar-refractivity contribution is 5.89. The van der Waals surface area contributed by atoms with Gasteiger partial charge in [-0.1, -0.05) is 12.8 Å². The molecule has 1 aromatic heterocycles. The highest BCUT2D eigenvalue weighted by Gasteiger charge is 2.38. The Balaban J connectivity index is 1.52. The summed E-state index contributed by atoms with van der Waals surface area (Å²) in [6, 6.07) is 2.19. The van der Waals surface area contributed by atoms with Gasteiger partial charge in [0.2, 0.25) is 11.8 Å². The van der Waals surface area contributed by atoms with E-state index in [1.54, 1.807) is 12.5 Å². The lowest BCUT2D eigenvalue weighted by Gasteiger charge is -2.23. The number of nitrogens with zero attached hydrogens (tertiary/aromatic N) is 1. The molecule has 1 aromatic rings. The van der Waals surface area contributed by atoms with Gasteiger partial charge in [0.1, 0.15) is 0 Å². The van der Waals surface area contributed by atoms with Crippen LogP contribution >= 0.6 is 0 Å². The number of rotatable bonds is 4. The fourth-order valence-corrected chi connectivity index (χ4v) is 3.20. The van der Waals surface area contributed by atoms with E-state index < -0.39 is 0 Å². The summed E-state index contributed by atoms with van der Waals surface area (Å²) in [5.74, 6) is -0.0876. The first-order chi connectivity index (χ1) is 9.74. The third-order valence-corrected chi connectivity index (χ3v) is 4.34. The van der Waals surface area contributed by atoms with E-state index >= 15 is 0 Å². The lowest BCUT2D eigenvalue weighted by atomic mass is 10.1. The minimum atomic E-state index is -0.199. The summed E-state index contributed by atoms with van der Waals surface area (Å²) in [7, 11) is 0. The maximum Gasteiger partial charge on any atom is 0.225 e. The summed E-state index contributed by atoms with van der Waals surface area (Å²) in [4.78, 5) is 26.1. The third-order valence-electron chi connectivity index (χ3n) is 4.34. The largest absolute Gasteiger partial charge is 0.472 e. The van der Waals surface area contributed by atoms with Gasteiger partial charge in [-0.2, -0.15) is 0 Å². The van der Waals surface area contributed by atoms with E-state index in [4.69, 9.17) is 4.42 Å². The van der Waals surface area contributed by atoms with Crippen LogP contribution in [-0.4, -0.2) is 29.3 Å². The van der Waals surface area contributed by atoms with Crippen LogP contribution in [0.4, 0.5) is 0 Å². The van der Waals surface area contributed by atoms with Crippen molar-refractivity contribution in [3.05, 3.63) is 24.2 Å². The molecule has 1 saturated heterocycles. The summed E-state index contributed by atoms with van der Waals surface area (Å²) < 4.78 is 4.96. The number of hydrogen-bond acceptors (Lipinski definition) is 3. The van der Waals surface area contributed by atoms with E-state index in [1.165, 1.54) is 12.8 Å². The molecule has 1 aliphatic heterocycles. The molecule has 5 heteroatoms. The smallest absolute Gasteiger partial charge is 0.225 e. The van der Waals surface area contributed by atoms with Crippen molar-refractivity contribution in [3.8, 4) is 0 Å². The van der Waals surface area contributed by atoms with Gasteiger partial charge in [-0.15, -0.1) is 0 Å². The Hall–Kier alpha value is -1.78. The zero-order valence-corrected chi connectivity index (χ0v) is 11.5. The molecule has 0 bridgehead atoms. The Bertz CT molecular complexity index is 477. The molecule has 1 atom stereocenters. The van der Waals surface area contributed by atoms with Crippen molar-refractivity contribution < 1.29 is 14.0 Å². The van der Waals surface area contributed by atoms with Crippen molar-refractivity contribution in [3.63, 3.8) is 0 Å². The maximum absolute atomic E-state index is 12.1. The Kier molecular flexibility index (Phi) is 3.76.